The van der Waals surface area contributed by atoms with Gasteiger partial charge >= 0.3 is 6.03 Å². The summed E-state index contributed by atoms with van der Waals surface area (Å²) < 4.78 is 50.2. The monoisotopic (exact) mass is 553 g/mol. The quantitative estimate of drug-likeness (QED) is 0.461. The van der Waals surface area contributed by atoms with Gasteiger partial charge in [0.25, 0.3) is 15.9 Å². The first kappa shape index (κ1) is 24.9. The molecule has 0 saturated heterocycles. The molecule has 1 aliphatic heterocycles. The van der Waals surface area contributed by atoms with Gasteiger partial charge in [0.1, 0.15) is 4.21 Å². The summed E-state index contributed by atoms with van der Waals surface area (Å²) in [4.78, 5) is 38.7. The molecule has 0 aliphatic carbocycles. The predicted octanol–water partition coefficient (Wildman–Crippen LogP) is 3.04. The summed E-state index contributed by atoms with van der Waals surface area (Å²) in [5, 5.41) is 2.35. The van der Waals surface area contributed by atoms with E-state index in [0.717, 1.165) is 22.5 Å². The molecule has 2 aromatic carbocycles. The number of halogens is 1. The lowest BCUT2D eigenvalue weighted by Gasteiger charge is -2.27. The van der Waals surface area contributed by atoms with E-state index < -0.39 is 37.7 Å². The van der Waals surface area contributed by atoms with Gasteiger partial charge in [0.05, 0.1) is 21.3 Å². The van der Waals surface area contributed by atoms with Crippen LogP contribution in [0.5, 0.6) is 0 Å². The van der Waals surface area contributed by atoms with Crippen LogP contribution in [-0.2, 0) is 31.1 Å². The lowest BCUT2D eigenvalue weighted by molar-refractivity contribution is -0.117. The van der Waals surface area contributed by atoms with Crippen LogP contribution in [0.3, 0.4) is 0 Å². The summed E-state index contributed by atoms with van der Waals surface area (Å²) in [6.45, 7) is 0. The Morgan fingerprint density at radius 1 is 1.00 bits per heavy atom. The number of nitrogens with zero attached hydrogens (tertiary/aromatic N) is 1. The number of thiophene rings is 1. The Morgan fingerprint density at radius 2 is 1.69 bits per heavy atom. The third kappa shape index (κ3) is 5.22. The number of benzene rings is 2. The van der Waals surface area contributed by atoms with Gasteiger partial charge in [0.15, 0.2) is 9.84 Å². The molecule has 0 fully saturated rings. The van der Waals surface area contributed by atoms with E-state index in [1.54, 1.807) is 0 Å². The van der Waals surface area contributed by atoms with Gasteiger partial charge in [-0.05, 0) is 54.1 Å². The molecule has 14 heteroatoms. The van der Waals surface area contributed by atoms with Crippen molar-refractivity contribution in [3.8, 4) is 0 Å². The van der Waals surface area contributed by atoms with Gasteiger partial charge in [-0.25, -0.2) is 31.3 Å². The standard InChI is InChI=1S/C21H16ClN3O7S3/c1-34(29,30)15-7-2-12-10-18(26)25(20(27)16(12)11-15)14-5-3-13(4-6-14)23-21(28)24-35(31,32)19-9-8-17(22)33-19/h2-9,11H,10H2,1H3,(H2,23,24,28). The number of anilines is 2. The van der Waals surface area contributed by atoms with Crippen LogP contribution in [0.25, 0.3) is 0 Å². The minimum absolute atomic E-state index is 0.0377. The minimum Gasteiger partial charge on any atom is -0.307 e. The van der Waals surface area contributed by atoms with Crippen molar-refractivity contribution in [1.82, 2.24) is 4.72 Å². The first-order valence-electron chi connectivity index (χ1n) is 9.74. The normalized spacial score (nSPS) is 13.9. The highest BCUT2D eigenvalue weighted by atomic mass is 35.5. The van der Waals surface area contributed by atoms with Crippen LogP contribution in [0.1, 0.15) is 15.9 Å². The Hall–Kier alpha value is -3.26. The zero-order chi connectivity index (χ0) is 25.5. The number of fused-ring (bicyclic) bond motifs is 1. The Morgan fingerprint density at radius 3 is 2.29 bits per heavy atom. The first-order valence-corrected chi connectivity index (χ1v) is 14.3. The number of urea groups is 1. The van der Waals surface area contributed by atoms with Crippen molar-refractivity contribution in [2.24, 2.45) is 0 Å². The molecule has 182 valence electrons. The molecule has 0 spiro atoms. The number of rotatable bonds is 5. The maximum Gasteiger partial charge on any atom is 0.333 e. The molecule has 0 saturated carbocycles. The van der Waals surface area contributed by atoms with Crippen LogP contribution in [0, 0.1) is 0 Å². The molecule has 0 atom stereocenters. The zero-order valence-corrected chi connectivity index (χ0v) is 21.0. The molecule has 1 aromatic heterocycles. The molecule has 4 amide bonds. The second-order valence-corrected chi connectivity index (χ2v) is 13.1. The number of hydrogen-bond acceptors (Lipinski definition) is 8. The Balaban J connectivity index is 1.51. The largest absolute Gasteiger partial charge is 0.333 e. The fourth-order valence-corrected chi connectivity index (χ4v) is 6.38. The fraction of sp³-hybridized carbons (Fsp3) is 0.0952. The van der Waals surface area contributed by atoms with E-state index in [4.69, 9.17) is 11.6 Å². The second-order valence-electron chi connectivity index (χ2n) is 7.47. The third-order valence-corrected chi connectivity index (χ3v) is 9.12. The summed E-state index contributed by atoms with van der Waals surface area (Å²) in [6.07, 6.45) is 0.922. The summed E-state index contributed by atoms with van der Waals surface area (Å²) in [5.74, 6) is -1.19. The average Bonchev–Trinajstić information content (AvgIpc) is 3.21. The van der Waals surface area contributed by atoms with E-state index in [9.17, 15) is 31.2 Å². The molecule has 2 N–H and O–H groups in total. The lowest BCUT2D eigenvalue weighted by atomic mass is 9.98. The van der Waals surface area contributed by atoms with Crippen molar-refractivity contribution < 1.29 is 31.2 Å². The number of carbonyl (C=O) groups is 3. The summed E-state index contributed by atoms with van der Waals surface area (Å²) in [7, 11) is -7.66. The van der Waals surface area contributed by atoms with E-state index in [1.807, 2.05) is 4.72 Å². The maximum atomic E-state index is 13.0. The van der Waals surface area contributed by atoms with Gasteiger partial charge in [-0.3, -0.25) is 9.59 Å². The van der Waals surface area contributed by atoms with Crippen molar-refractivity contribution in [2.45, 2.75) is 15.5 Å². The molecule has 1 aliphatic rings. The van der Waals surface area contributed by atoms with Crippen LogP contribution in [0.15, 0.2) is 63.7 Å². The van der Waals surface area contributed by atoms with Gasteiger partial charge in [-0.15, -0.1) is 11.3 Å². The van der Waals surface area contributed by atoms with Gasteiger partial charge in [-0.2, -0.15) is 0 Å². The highest BCUT2D eigenvalue weighted by Crippen LogP contribution is 2.29. The van der Waals surface area contributed by atoms with E-state index in [2.05, 4.69) is 5.32 Å². The number of imide groups is 1. The Labute approximate surface area is 209 Å². The molecule has 0 radical (unpaired) electrons. The summed E-state index contributed by atoms with van der Waals surface area (Å²) >= 11 is 6.53. The average molecular weight is 554 g/mol. The third-order valence-electron chi connectivity index (χ3n) is 4.96. The van der Waals surface area contributed by atoms with Gasteiger partial charge < -0.3 is 5.32 Å². The van der Waals surface area contributed by atoms with Gasteiger partial charge in [-0.1, -0.05) is 17.7 Å². The molecule has 4 rings (SSSR count). The Kier molecular flexibility index (Phi) is 6.44. The lowest BCUT2D eigenvalue weighted by Crippen LogP contribution is -2.42. The van der Waals surface area contributed by atoms with Crippen molar-refractivity contribution in [1.29, 1.82) is 0 Å². The Bertz CT molecular complexity index is 1580. The fourth-order valence-electron chi connectivity index (χ4n) is 3.34. The zero-order valence-electron chi connectivity index (χ0n) is 17.8. The van der Waals surface area contributed by atoms with Crippen molar-refractivity contribution >= 4 is 72.0 Å². The minimum atomic E-state index is -4.11. The smallest absolute Gasteiger partial charge is 0.307 e. The number of amides is 4. The van der Waals surface area contributed by atoms with Gasteiger partial charge in [0.2, 0.25) is 5.91 Å². The summed E-state index contributed by atoms with van der Waals surface area (Å²) in [5.41, 5.74) is 0.921. The number of sulfone groups is 1. The molecule has 3 aromatic rings. The van der Waals surface area contributed by atoms with Crippen LogP contribution in [-0.4, -0.2) is 40.9 Å². The topological polar surface area (TPSA) is 147 Å². The molecular formula is C21H16ClN3O7S3. The van der Waals surface area contributed by atoms with Gasteiger partial charge in [0, 0.05) is 17.5 Å². The number of carbonyl (C=O) groups excluding carboxylic acids is 3. The van der Waals surface area contributed by atoms with Crippen LogP contribution in [0.4, 0.5) is 16.2 Å². The predicted molar refractivity (Wildman–Crippen MR) is 130 cm³/mol. The molecular weight excluding hydrogens is 538 g/mol. The van der Waals surface area contributed by atoms with E-state index in [-0.39, 0.29) is 36.8 Å². The SMILES string of the molecule is CS(=O)(=O)c1ccc2c(c1)C(=O)N(c1ccc(NC(=O)NS(=O)(=O)c3ccc(Cl)s3)cc1)C(=O)C2. The molecule has 35 heavy (non-hydrogen) atoms. The van der Waals surface area contributed by atoms with Crippen LogP contribution < -0.4 is 14.9 Å². The van der Waals surface area contributed by atoms with Crippen LogP contribution >= 0.6 is 22.9 Å². The van der Waals surface area contributed by atoms with Crippen LogP contribution in [0.2, 0.25) is 4.34 Å². The number of nitrogens with one attached hydrogen (secondary N) is 2. The molecule has 2 heterocycles. The summed E-state index contributed by atoms with van der Waals surface area (Å²) in [6, 6.07) is 11.2. The first-order chi connectivity index (χ1) is 16.3. The molecule has 10 nitrogen and oxygen atoms in total. The highest BCUT2D eigenvalue weighted by Gasteiger charge is 2.33. The molecule has 0 bridgehead atoms. The van der Waals surface area contributed by atoms with Crippen molar-refractivity contribution in [2.75, 3.05) is 16.5 Å². The van der Waals surface area contributed by atoms with E-state index >= 15 is 0 Å². The van der Waals surface area contributed by atoms with E-state index in [0.29, 0.717) is 5.56 Å². The van der Waals surface area contributed by atoms with E-state index in [1.165, 1.54) is 54.6 Å². The number of sulfonamides is 1. The second kappa shape index (κ2) is 9.07. The van der Waals surface area contributed by atoms with Crippen molar-refractivity contribution in [3.05, 3.63) is 70.1 Å². The number of hydrogen-bond donors (Lipinski definition) is 2. The molecule has 0 unspecified atom stereocenters. The maximum absolute atomic E-state index is 13.0. The van der Waals surface area contributed by atoms with Crippen molar-refractivity contribution in [3.63, 3.8) is 0 Å². The highest BCUT2D eigenvalue weighted by molar-refractivity contribution is 7.92.